The summed E-state index contributed by atoms with van der Waals surface area (Å²) >= 11 is 5.83. The Labute approximate surface area is 119 Å². The third-order valence-electron chi connectivity index (χ3n) is 3.27. The Morgan fingerprint density at radius 1 is 1.45 bits per heavy atom. The summed E-state index contributed by atoms with van der Waals surface area (Å²) in [6.07, 6.45) is -1.23. The minimum Gasteiger partial charge on any atom is -0.480 e. The van der Waals surface area contributed by atoms with E-state index in [4.69, 9.17) is 16.7 Å². The molecule has 0 bridgehead atoms. The van der Waals surface area contributed by atoms with E-state index in [-0.39, 0.29) is 30.0 Å². The lowest BCUT2D eigenvalue weighted by atomic mass is 10.1. The molecule has 2 atom stereocenters. The predicted octanol–water partition coefficient (Wildman–Crippen LogP) is 1.07. The first-order valence-corrected chi connectivity index (χ1v) is 6.41. The molecule has 5 nitrogen and oxygen atoms in total. The molecule has 1 aromatic rings. The monoisotopic (exact) mass is 301 g/mol. The van der Waals surface area contributed by atoms with Crippen molar-refractivity contribution in [2.24, 2.45) is 0 Å². The van der Waals surface area contributed by atoms with Crippen LogP contribution in [0.1, 0.15) is 12.0 Å². The molecule has 1 saturated heterocycles. The summed E-state index contributed by atoms with van der Waals surface area (Å²) in [5, 5.41) is 18.6. The number of aliphatic hydroxyl groups excluding tert-OH is 1. The van der Waals surface area contributed by atoms with E-state index in [9.17, 15) is 19.1 Å². The van der Waals surface area contributed by atoms with Crippen LogP contribution in [-0.2, 0) is 16.0 Å². The number of hydrogen-bond donors (Lipinski definition) is 2. The zero-order valence-corrected chi connectivity index (χ0v) is 11.2. The number of carboxylic acids is 1. The van der Waals surface area contributed by atoms with Gasteiger partial charge in [-0.15, -0.1) is 0 Å². The van der Waals surface area contributed by atoms with Crippen LogP contribution in [0.25, 0.3) is 0 Å². The Hall–Kier alpha value is -1.66. The molecule has 20 heavy (non-hydrogen) atoms. The second-order valence-electron chi connectivity index (χ2n) is 4.67. The molecule has 0 radical (unpaired) electrons. The Balaban J connectivity index is 2.18. The lowest BCUT2D eigenvalue weighted by molar-refractivity contribution is -0.148. The number of amides is 1. The second kappa shape index (κ2) is 5.76. The number of carbonyl (C=O) groups is 2. The van der Waals surface area contributed by atoms with Gasteiger partial charge in [0.15, 0.2) is 0 Å². The number of aliphatic hydroxyl groups is 1. The van der Waals surface area contributed by atoms with Gasteiger partial charge in [0.05, 0.1) is 12.5 Å². The van der Waals surface area contributed by atoms with Gasteiger partial charge >= 0.3 is 5.97 Å². The maximum absolute atomic E-state index is 13.6. The molecule has 0 aromatic heterocycles. The molecule has 0 unspecified atom stereocenters. The normalized spacial score (nSPS) is 22.1. The second-order valence-corrected chi connectivity index (χ2v) is 5.07. The van der Waals surface area contributed by atoms with Crippen molar-refractivity contribution in [3.8, 4) is 0 Å². The fraction of sp³-hybridized carbons (Fsp3) is 0.385. The first-order valence-electron chi connectivity index (χ1n) is 6.03. The molecule has 1 fully saturated rings. The topological polar surface area (TPSA) is 77.8 Å². The van der Waals surface area contributed by atoms with Gasteiger partial charge in [0.2, 0.25) is 5.91 Å². The molecule has 0 spiro atoms. The third-order valence-corrected chi connectivity index (χ3v) is 3.63. The van der Waals surface area contributed by atoms with Crippen molar-refractivity contribution in [1.82, 2.24) is 4.90 Å². The van der Waals surface area contributed by atoms with E-state index in [1.54, 1.807) is 0 Å². The van der Waals surface area contributed by atoms with Crippen molar-refractivity contribution in [3.05, 3.63) is 34.6 Å². The summed E-state index contributed by atoms with van der Waals surface area (Å²) in [6.45, 7) is -0.0676. The van der Waals surface area contributed by atoms with E-state index >= 15 is 0 Å². The molecule has 108 valence electrons. The number of likely N-dealkylation sites (tertiary alicyclic amines) is 1. The molecular weight excluding hydrogens is 289 g/mol. The lowest BCUT2D eigenvalue weighted by Crippen LogP contribution is -2.41. The van der Waals surface area contributed by atoms with E-state index in [1.165, 1.54) is 18.2 Å². The Bertz CT molecular complexity index is 531. The number of nitrogens with zero attached hydrogens (tertiary/aromatic N) is 1. The van der Waals surface area contributed by atoms with Crippen molar-refractivity contribution in [2.45, 2.75) is 25.0 Å². The minimum absolute atomic E-state index is 0.0217. The minimum atomic E-state index is -1.19. The molecule has 1 aliphatic rings. The molecular formula is C13H13ClFNO4. The van der Waals surface area contributed by atoms with Crippen molar-refractivity contribution in [3.63, 3.8) is 0 Å². The molecule has 2 rings (SSSR count). The summed E-state index contributed by atoms with van der Waals surface area (Å²) in [5.41, 5.74) is 0.0321. The molecule has 1 aromatic carbocycles. The van der Waals surface area contributed by atoms with Gasteiger partial charge in [0, 0.05) is 23.6 Å². The fourth-order valence-corrected chi connectivity index (χ4v) is 2.51. The summed E-state index contributed by atoms with van der Waals surface area (Å²) in [6, 6.07) is 2.98. The number of aliphatic carboxylic acids is 1. The summed E-state index contributed by atoms with van der Waals surface area (Å²) in [5.74, 6) is -2.37. The van der Waals surface area contributed by atoms with E-state index in [0.717, 1.165) is 4.90 Å². The molecule has 1 amide bonds. The number of hydrogen-bond acceptors (Lipinski definition) is 3. The number of β-amino-alcohol motifs (C(OH)–C–C–N with tert-alkyl or cyclic N) is 1. The maximum atomic E-state index is 13.6. The summed E-state index contributed by atoms with van der Waals surface area (Å²) < 4.78 is 13.6. The highest BCUT2D eigenvalue weighted by Crippen LogP contribution is 2.23. The van der Waals surface area contributed by atoms with Crippen LogP contribution in [0.15, 0.2) is 18.2 Å². The Morgan fingerprint density at radius 2 is 2.15 bits per heavy atom. The molecule has 7 heteroatoms. The van der Waals surface area contributed by atoms with Gasteiger partial charge in [0.1, 0.15) is 11.9 Å². The fourth-order valence-electron chi connectivity index (χ4n) is 2.28. The Kier molecular flexibility index (Phi) is 4.25. The highest BCUT2D eigenvalue weighted by atomic mass is 35.5. The third kappa shape index (κ3) is 2.91. The zero-order chi connectivity index (χ0) is 14.9. The van der Waals surface area contributed by atoms with Gasteiger partial charge in [-0.3, -0.25) is 4.79 Å². The van der Waals surface area contributed by atoms with Crippen LogP contribution >= 0.6 is 11.6 Å². The first kappa shape index (κ1) is 14.7. The van der Waals surface area contributed by atoms with Gasteiger partial charge in [-0.2, -0.15) is 0 Å². The van der Waals surface area contributed by atoms with Crippen LogP contribution in [0.5, 0.6) is 0 Å². The lowest BCUT2D eigenvalue weighted by Gasteiger charge is -2.21. The van der Waals surface area contributed by atoms with Gasteiger partial charge in [-0.25, -0.2) is 9.18 Å². The van der Waals surface area contributed by atoms with Crippen molar-refractivity contribution in [1.29, 1.82) is 0 Å². The standard InChI is InChI=1S/C13H13ClFNO4/c14-9-2-1-3-10(15)8(9)5-12(18)16-6-7(17)4-11(16)13(19)20/h1-3,7,11,17H,4-6H2,(H,19,20)/t7-,11-/m1/s1. The van der Waals surface area contributed by atoms with Crippen LogP contribution < -0.4 is 0 Å². The van der Waals surface area contributed by atoms with Gasteiger partial charge in [-0.1, -0.05) is 17.7 Å². The van der Waals surface area contributed by atoms with Crippen LogP contribution in [0.3, 0.4) is 0 Å². The predicted molar refractivity (Wildman–Crippen MR) is 68.9 cm³/mol. The van der Waals surface area contributed by atoms with Gasteiger partial charge in [-0.05, 0) is 12.1 Å². The molecule has 1 heterocycles. The largest absolute Gasteiger partial charge is 0.480 e. The molecule has 1 aliphatic heterocycles. The van der Waals surface area contributed by atoms with Crippen LogP contribution in [0.4, 0.5) is 4.39 Å². The van der Waals surface area contributed by atoms with Crippen LogP contribution in [-0.4, -0.2) is 45.7 Å². The summed E-state index contributed by atoms with van der Waals surface area (Å²) in [4.78, 5) is 24.2. The quantitative estimate of drug-likeness (QED) is 0.875. The summed E-state index contributed by atoms with van der Waals surface area (Å²) in [7, 11) is 0. The maximum Gasteiger partial charge on any atom is 0.326 e. The van der Waals surface area contributed by atoms with Crippen molar-refractivity contribution in [2.75, 3.05) is 6.54 Å². The van der Waals surface area contributed by atoms with E-state index in [2.05, 4.69) is 0 Å². The Morgan fingerprint density at radius 3 is 2.75 bits per heavy atom. The molecule has 0 aliphatic carbocycles. The van der Waals surface area contributed by atoms with E-state index in [1.807, 2.05) is 0 Å². The van der Waals surface area contributed by atoms with Gasteiger partial charge < -0.3 is 15.1 Å². The van der Waals surface area contributed by atoms with Crippen LogP contribution in [0, 0.1) is 5.82 Å². The smallest absolute Gasteiger partial charge is 0.326 e. The zero-order valence-electron chi connectivity index (χ0n) is 10.4. The van der Waals surface area contributed by atoms with Crippen LogP contribution in [0.2, 0.25) is 5.02 Å². The number of halogens is 2. The SMILES string of the molecule is O=C(O)[C@H]1C[C@@H](O)CN1C(=O)Cc1c(F)cccc1Cl. The van der Waals surface area contributed by atoms with E-state index < -0.39 is 29.8 Å². The molecule has 2 N–H and O–H groups in total. The highest BCUT2D eigenvalue weighted by molar-refractivity contribution is 6.31. The first-order chi connectivity index (χ1) is 9.40. The highest BCUT2D eigenvalue weighted by Gasteiger charge is 2.38. The van der Waals surface area contributed by atoms with Gasteiger partial charge in [0.25, 0.3) is 0 Å². The number of benzene rings is 1. The number of carboxylic acid groups (broad SMARTS) is 1. The van der Waals surface area contributed by atoms with E-state index in [0.29, 0.717) is 0 Å². The average molecular weight is 302 g/mol. The van der Waals surface area contributed by atoms with Crippen molar-refractivity contribution < 1.29 is 24.2 Å². The number of rotatable bonds is 3. The average Bonchev–Trinajstić information content (AvgIpc) is 2.76. The number of carbonyl (C=O) groups excluding carboxylic acids is 1. The van der Waals surface area contributed by atoms with Crippen molar-refractivity contribution >= 4 is 23.5 Å². The molecule has 0 saturated carbocycles.